The number of ether oxygens (including phenoxy) is 1. The maximum absolute atomic E-state index is 12.4. The van der Waals surface area contributed by atoms with E-state index in [1.54, 1.807) is 12.1 Å². The zero-order chi connectivity index (χ0) is 18.2. The Hall–Kier alpha value is -2.82. The lowest BCUT2D eigenvalue weighted by molar-refractivity contribution is 0.0395. The number of nitrogen functional groups attached to an aromatic ring is 1. The Kier molecular flexibility index (Phi) is 6.57. The number of unbranched alkanes of at least 4 members (excludes halogenated alkanes) is 3. The number of anilines is 1. The summed E-state index contributed by atoms with van der Waals surface area (Å²) >= 11 is 0. The molecule has 0 aliphatic heterocycles. The van der Waals surface area contributed by atoms with Gasteiger partial charge in [0.15, 0.2) is 5.75 Å². The number of phenolic OH excluding ortho intramolecular Hbond substituents is 1. The smallest absolute Gasteiger partial charge is 0.349 e. The van der Waals surface area contributed by atoms with E-state index < -0.39 is 11.9 Å². The largest absolute Gasteiger partial charge is 0.505 e. The van der Waals surface area contributed by atoms with E-state index in [4.69, 9.17) is 10.5 Å². The van der Waals surface area contributed by atoms with Crippen molar-refractivity contribution in [2.24, 2.45) is 0 Å². The van der Waals surface area contributed by atoms with E-state index in [9.17, 15) is 14.7 Å². The minimum Gasteiger partial charge on any atom is -0.505 e. The highest BCUT2D eigenvalue weighted by Gasteiger charge is 2.20. The number of hydrogen-bond donors (Lipinski definition) is 2. The van der Waals surface area contributed by atoms with Gasteiger partial charge in [0.1, 0.15) is 5.56 Å². The number of para-hydroxylation sites is 1. The normalized spacial score (nSPS) is 10.4. The van der Waals surface area contributed by atoms with Crippen LogP contribution in [0.2, 0.25) is 0 Å². The van der Waals surface area contributed by atoms with Crippen LogP contribution in [0.1, 0.15) is 58.9 Å². The molecule has 0 heterocycles. The van der Waals surface area contributed by atoms with Crippen LogP contribution in [0.15, 0.2) is 42.5 Å². The van der Waals surface area contributed by atoms with Gasteiger partial charge >= 0.3 is 11.9 Å². The molecule has 5 heteroatoms. The van der Waals surface area contributed by atoms with Crippen molar-refractivity contribution in [3.8, 4) is 5.75 Å². The van der Waals surface area contributed by atoms with Gasteiger partial charge in [-0.15, -0.1) is 0 Å². The third-order valence-electron chi connectivity index (χ3n) is 4.01. The van der Waals surface area contributed by atoms with Crippen molar-refractivity contribution in [2.45, 2.75) is 39.0 Å². The first-order valence-corrected chi connectivity index (χ1v) is 8.46. The third-order valence-corrected chi connectivity index (χ3v) is 4.01. The van der Waals surface area contributed by atoms with Crippen LogP contribution in [0.3, 0.4) is 0 Å². The molecule has 0 radical (unpaired) electrons. The summed E-state index contributed by atoms with van der Waals surface area (Å²) in [6.45, 7) is 2.14. The Morgan fingerprint density at radius 2 is 1.64 bits per heavy atom. The Morgan fingerprint density at radius 1 is 0.960 bits per heavy atom. The molecule has 0 aromatic heterocycles. The zero-order valence-corrected chi connectivity index (χ0v) is 14.3. The van der Waals surface area contributed by atoms with Gasteiger partial charge in [-0.3, -0.25) is 0 Å². The number of benzene rings is 2. The van der Waals surface area contributed by atoms with Gasteiger partial charge in [0.05, 0.1) is 11.3 Å². The molecule has 0 spiro atoms. The standard InChI is InChI=1S/C20H23NO4/c1-2-3-4-5-9-14-10-6-7-11-15(14)19(23)25-20(24)16-12-8-13-17(21)18(16)22/h6-8,10-13,22H,2-5,9,21H2,1H3. The molecule has 0 aliphatic rings. The molecule has 5 nitrogen and oxygen atoms in total. The molecule has 25 heavy (non-hydrogen) atoms. The highest BCUT2D eigenvalue weighted by Crippen LogP contribution is 2.25. The molecule has 0 aliphatic carbocycles. The molecule has 2 aromatic rings. The molecule has 0 fully saturated rings. The van der Waals surface area contributed by atoms with Crippen molar-refractivity contribution < 1.29 is 19.4 Å². The molecule has 2 rings (SSSR count). The van der Waals surface area contributed by atoms with Crippen molar-refractivity contribution in [1.82, 2.24) is 0 Å². The van der Waals surface area contributed by atoms with Gasteiger partial charge in [-0.25, -0.2) is 9.59 Å². The van der Waals surface area contributed by atoms with Crippen LogP contribution in [0, 0.1) is 0 Å². The first-order chi connectivity index (χ1) is 12.0. The summed E-state index contributed by atoms with van der Waals surface area (Å²) in [7, 11) is 0. The van der Waals surface area contributed by atoms with Crippen LogP contribution in [-0.4, -0.2) is 17.0 Å². The maximum Gasteiger partial charge on any atom is 0.349 e. The first kappa shape index (κ1) is 18.5. The number of carbonyl (C=O) groups excluding carboxylic acids is 2. The highest BCUT2D eigenvalue weighted by atomic mass is 16.6. The molecule has 132 valence electrons. The summed E-state index contributed by atoms with van der Waals surface area (Å²) in [5.74, 6) is -2.03. The van der Waals surface area contributed by atoms with Crippen molar-refractivity contribution in [3.05, 3.63) is 59.2 Å². The monoisotopic (exact) mass is 341 g/mol. The molecular weight excluding hydrogens is 318 g/mol. The zero-order valence-electron chi connectivity index (χ0n) is 14.3. The SMILES string of the molecule is CCCCCCc1ccccc1C(=O)OC(=O)c1cccc(N)c1O. The minimum atomic E-state index is -0.921. The summed E-state index contributed by atoms with van der Waals surface area (Å²) in [5, 5.41) is 9.84. The maximum atomic E-state index is 12.4. The van der Waals surface area contributed by atoms with E-state index in [-0.39, 0.29) is 17.0 Å². The highest BCUT2D eigenvalue weighted by molar-refractivity contribution is 6.05. The van der Waals surface area contributed by atoms with Crippen LogP contribution < -0.4 is 5.73 Å². The molecule has 2 aromatic carbocycles. The summed E-state index contributed by atoms with van der Waals surface area (Å²) in [5.41, 5.74) is 6.71. The molecule has 0 atom stereocenters. The Labute approximate surface area is 147 Å². The second-order valence-electron chi connectivity index (χ2n) is 5.89. The van der Waals surface area contributed by atoms with Crippen molar-refractivity contribution >= 4 is 17.6 Å². The van der Waals surface area contributed by atoms with Gasteiger partial charge < -0.3 is 15.6 Å². The summed E-state index contributed by atoms with van der Waals surface area (Å²) in [4.78, 5) is 24.5. The molecule has 0 unspecified atom stereocenters. The predicted molar refractivity (Wildman–Crippen MR) is 96.6 cm³/mol. The van der Waals surface area contributed by atoms with Crippen LogP contribution in [0.25, 0.3) is 0 Å². The van der Waals surface area contributed by atoms with Gasteiger partial charge in [0, 0.05) is 0 Å². The van der Waals surface area contributed by atoms with Crippen molar-refractivity contribution in [3.63, 3.8) is 0 Å². The third kappa shape index (κ3) is 4.83. The van der Waals surface area contributed by atoms with E-state index in [1.165, 1.54) is 18.2 Å². The van der Waals surface area contributed by atoms with Crippen LogP contribution in [0.5, 0.6) is 5.75 Å². The predicted octanol–water partition coefficient (Wildman–Crippen LogP) is 4.09. The molecule has 3 N–H and O–H groups in total. The molecular formula is C20H23NO4. The average molecular weight is 341 g/mol. The Balaban J connectivity index is 2.10. The quantitative estimate of drug-likeness (QED) is 0.260. The number of aryl methyl sites for hydroxylation is 1. The number of phenols is 1. The number of aromatic hydroxyl groups is 1. The van der Waals surface area contributed by atoms with Gasteiger partial charge in [0.25, 0.3) is 0 Å². The lowest BCUT2D eigenvalue weighted by Gasteiger charge is -2.10. The fraction of sp³-hybridized carbons (Fsp3) is 0.300. The topological polar surface area (TPSA) is 89.6 Å². The molecule has 0 saturated carbocycles. The lowest BCUT2D eigenvalue weighted by atomic mass is 10.0. The van der Waals surface area contributed by atoms with Crippen molar-refractivity contribution in [2.75, 3.05) is 5.73 Å². The van der Waals surface area contributed by atoms with E-state index in [1.807, 2.05) is 12.1 Å². The summed E-state index contributed by atoms with van der Waals surface area (Å²) < 4.78 is 4.93. The number of hydrogen-bond acceptors (Lipinski definition) is 5. The summed E-state index contributed by atoms with van der Waals surface area (Å²) in [6, 6.07) is 11.4. The fourth-order valence-electron chi connectivity index (χ4n) is 2.60. The molecule has 0 saturated heterocycles. The average Bonchev–Trinajstić information content (AvgIpc) is 2.61. The molecule has 0 amide bonds. The van der Waals surface area contributed by atoms with E-state index in [2.05, 4.69) is 6.92 Å². The number of rotatable bonds is 7. The van der Waals surface area contributed by atoms with E-state index in [0.717, 1.165) is 37.7 Å². The number of carbonyl (C=O) groups is 2. The Morgan fingerprint density at radius 3 is 2.40 bits per heavy atom. The van der Waals surface area contributed by atoms with Crippen LogP contribution in [-0.2, 0) is 11.2 Å². The van der Waals surface area contributed by atoms with Gasteiger partial charge in [0.2, 0.25) is 0 Å². The second kappa shape index (κ2) is 8.87. The van der Waals surface area contributed by atoms with Crippen LogP contribution >= 0.6 is 0 Å². The first-order valence-electron chi connectivity index (χ1n) is 8.46. The second-order valence-corrected chi connectivity index (χ2v) is 5.89. The lowest BCUT2D eigenvalue weighted by Crippen LogP contribution is -2.15. The number of nitrogens with two attached hydrogens (primary N) is 1. The van der Waals surface area contributed by atoms with E-state index in [0.29, 0.717) is 5.56 Å². The summed E-state index contributed by atoms with van der Waals surface area (Å²) in [6.07, 6.45) is 5.11. The minimum absolute atomic E-state index is 0.0539. The van der Waals surface area contributed by atoms with Gasteiger partial charge in [-0.2, -0.15) is 0 Å². The van der Waals surface area contributed by atoms with Crippen LogP contribution in [0.4, 0.5) is 5.69 Å². The Bertz CT molecular complexity index is 755. The number of esters is 2. The fourth-order valence-corrected chi connectivity index (χ4v) is 2.60. The van der Waals surface area contributed by atoms with Gasteiger partial charge in [-0.1, -0.05) is 50.5 Å². The van der Waals surface area contributed by atoms with Gasteiger partial charge in [-0.05, 0) is 36.6 Å². The van der Waals surface area contributed by atoms with Crippen molar-refractivity contribution in [1.29, 1.82) is 0 Å². The van der Waals surface area contributed by atoms with E-state index >= 15 is 0 Å². The molecule has 0 bridgehead atoms.